The van der Waals surface area contributed by atoms with Crippen molar-refractivity contribution in [2.45, 2.75) is 63.9 Å². The third kappa shape index (κ3) is 4.11. The third-order valence-electron chi connectivity index (χ3n) is 8.16. The van der Waals surface area contributed by atoms with Gasteiger partial charge in [0, 0.05) is 17.9 Å². The van der Waals surface area contributed by atoms with E-state index in [2.05, 4.69) is 18.8 Å². The number of nitrogens with one attached hydrogen (secondary N) is 1. The van der Waals surface area contributed by atoms with E-state index >= 15 is 0 Å². The second kappa shape index (κ2) is 8.86. The molecule has 3 aliphatic rings. The van der Waals surface area contributed by atoms with Gasteiger partial charge in [0.25, 0.3) is 0 Å². The summed E-state index contributed by atoms with van der Waals surface area (Å²) < 4.78 is 0. The van der Waals surface area contributed by atoms with Gasteiger partial charge < -0.3 is 20.6 Å². The summed E-state index contributed by atoms with van der Waals surface area (Å²) in [7, 11) is 0. The van der Waals surface area contributed by atoms with Gasteiger partial charge in [-0.1, -0.05) is 75.1 Å². The molecular formula is C28H37NO4. The van der Waals surface area contributed by atoms with Crippen LogP contribution in [-0.4, -0.2) is 45.1 Å². The Morgan fingerprint density at radius 3 is 2.55 bits per heavy atom. The van der Waals surface area contributed by atoms with E-state index in [1.165, 1.54) is 0 Å². The Morgan fingerprint density at radius 2 is 1.85 bits per heavy atom. The monoisotopic (exact) mass is 451 g/mol. The van der Waals surface area contributed by atoms with Crippen LogP contribution < -0.4 is 5.32 Å². The summed E-state index contributed by atoms with van der Waals surface area (Å²) in [5, 5.41) is 37.0. The van der Waals surface area contributed by atoms with Crippen LogP contribution in [0.2, 0.25) is 0 Å². The number of carbonyl (C=O) groups is 1. The van der Waals surface area contributed by atoms with E-state index in [9.17, 15) is 20.1 Å². The molecule has 1 aliphatic heterocycles. The predicted octanol–water partition coefficient (Wildman–Crippen LogP) is 3.17. The maximum absolute atomic E-state index is 13.8. The van der Waals surface area contributed by atoms with Crippen LogP contribution in [-0.2, 0) is 11.2 Å². The Kier molecular flexibility index (Phi) is 6.43. The molecule has 1 unspecified atom stereocenters. The standard InChI is InChI=1S/C28H37NO4/c1-17-9-8-12-21-25(31)19(3)18(2)24-22(15-20-10-6-5-7-11-20)29-26(32)28(21,24)23(30)13-14-27(4,33)16-17/h5-8,10-14,17-18,21-25,30-31,33H,3,9,15-16H2,1-2,4H3,(H,29,32)/b12-8+,14-13+/t17?,18-,21+,22+,23-,24+,25-,27+,28-/m1/s1. The zero-order valence-electron chi connectivity index (χ0n) is 19.8. The fraction of sp³-hybridized carbons (Fsp3) is 0.536. The van der Waals surface area contributed by atoms with Gasteiger partial charge in [0.15, 0.2) is 0 Å². The normalized spacial score (nSPS) is 45.3. The molecule has 1 amide bonds. The number of amides is 1. The average Bonchev–Trinajstić information content (AvgIpc) is 3.04. The molecule has 4 N–H and O–H groups in total. The number of hydrogen-bond acceptors (Lipinski definition) is 4. The zero-order valence-corrected chi connectivity index (χ0v) is 19.8. The highest BCUT2D eigenvalue weighted by Crippen LogP contribution is 2.57. The van der Waals surface area contributed by atoms with Crippen molar-refractivity contribution in [1.29, 1.82) is 0 Å². The van der Waals surface area contributed by atoms with Crippen molar-refractivity contribution in [2.24, 2.45) is 29.1 Å². The van der Waals surface area contributed by atoms with Crippen LogP contribution in [0.5, 0.6) is 0 Å². The lowest BCUT2D eigenvalue weighted by Crippen LogP contribution is -2.59. The first kappa shape index (κ1) is 23.9. The van der Waals surface area contributed by atoms with Gasteiger partial charge in [-0.3, -0.25) is 4.79 Å². The first-order chi connectivity index (χ1) is 15.6. The molecule has 0 radical (unpaired) electrons. The molecule has 0 aromatic heterocycles. The molecule has 2 fully saturated rings. The molecule has 1 aromatic rings. The van der Waals surface area contributed by atoms with E-state index in [1.54, 1.807) is 19.1 Å². The van der Waals surface area contributed by atoms with Gasteiger partial charge in [0.05, 0.1) is 23.2 Å². The van der Waals surface area contributed by atoms with Gasteiger partial charge in [-0.25, -0.2) is 0 Å². The van der Waals surface area contributed by atoms with Gasteiger partial charge in [0.1, 0.15) is 0 Å². The number of aliphatic hydroxyl groups is 3. The first-order valence-corrected chi connectivity index (χ1v) is 12.1. The second-order valence-electron chi connectivity index (χ2n) is 10.7. The number of carbonyl (C=O) groups excluding carboxylic acids is 1. The molecule has 2 aliphatic carbocycles. The van der Waals surface area contributed by atoms with Crippen LogP contribution in [0.15, 0.2) is 66.8 Å². The highest BCUT2D eigenvalue weighted by molar-refractivity contribution is 5.88. The third-order valence-corrected chi connectivity index (χ3v) is 8.16. The van der Waals surface area contributed by atoms with Crippen molar-refractivity contribution >= 4 is 5.91 Å². The topological polar surface area (TPSA) is 89.8 Å². The van der Waals surface area contributed by atoms with E-state index in [-0.39, 0.29) is 29.7 Å². The summed E-state index contributed by atoms with van der Waals surface area (Å²) in [4.78, 5) is 13.8. The smallest absolute Gasteiger partial charge is 0.230 e. The summed E-state index contributed by atoms with van der Waals surface area (Å²) in [6.07, 6.45) is 6.88. The number of hydrogen-bond donors (Lipinski definition) is 4. The lowest BCUT2D eigenvalue weighted by Gasteiger charge is -2.51. The molecule has 5 nitrogen and oxygen atoms in total. The van der Waals surface area contributed by atoms with E-state index in [0.717, 1.165) is 5.56 Å². The quantitative estimate of drug-likeness (QED) is 0.520. The fourth-order valence-corrected chi connectivity index (χ4v) is 6.61. The SMILES string of the molecule is C=C1[C@@H](C)[C@H]2[C@H](Cc3ccccc3)NC(=O)[C@]23[C@H](O)/C=C/[C@](C)(O)CC(C)C/C=C/[C@H]3[C@@H]1O. The van der Waals surface area contributed by atoms with E-state index < -0.39 is 29.1 Å². The predicted molar refractivity (Wildman–Crippen MR) is 129 cm³/mol. The minimum absolute atomic E-state index is 0.176. The van der Waals surface area contributed by atoms with Crippen LogP contribution in [0, 0.1) is 29.1 Å². The molecule has 33 heavy (non-hydrogen) atoms. The summed E-state index contributed by atoms with van der Waals surface area (Å²) in [5.74, 6) is -1.09. The number of benzene rings is 1. The summed E-state index contributed by atoms with van der Waals surface area (Å²) in [5.41, 5.74) is -0.544. The van der Waals surface area contributed by atoms with E-state index in [0.29, 0.717) is 24.8 Å². The highest BCUT2D eigenvalue weighted by atomic mass is 16.3. The van der Waals surface area contributed by atoms with Crippen molar-refractivity contribution in [3.63, 3.8) is 0 Å². The second-order valence-corrected chi connectivity index (χ2v) is 10.7. The van der Waals surface area contributed by atoms with Crippen molar-refractivity contribution < 1.29 is 20.1 Å². The Labute approximate surface area is 196 Å². The molecule has 5 heteroatoms. The molecule has 9 atom stereocenters. The van der Waals surface area contributed by atoms with Crippen LogP contribution in [0.25, 0.3) is 0 Å². The van der Waals surface area contributed by atoms with E-state index in [1.807, 2.05) is 49.4 Å². The molecular weight excluding hydrogens is 414 g/mol. The number of allylic oxidation sites excluding steroid dienone is 1. The fourth-order valence-electron chi connectivity index (χ4n) is 6.61. The van der Waals surface area contributed by atoms with Crippen molar-refractivity contribution in [3.8, 4) is 0 Å². The zero-order chi connectivity index (χ0) is 24.0. The molecule has 178 valence electrons. The van der Waals surface area contributed by atoms with E-state index in [4.69, 9.17) is 0 Å². The van der Waals surface area contributed by atoms with Gasteiger partial charge in [0.2, 0.25) is 5.91 Å². The Morgan fingerprint density at radius 1 is 1.15 bits per heavy atom. The van der Waals surface area contributed by atoms with Crippen LogP contribution in [0.3, 0.4) is 0 Å². The molecule has 0 bridgehead atoms. The average molecular weight is 452 g/mol. The van der Waals surface area contributed by atoms with Gasteiger partial charge >= 0.3 is 0 Å². The van der Waals surface area contributed by atoms with Crippen molar-refractivity contribution in [1.82, 2.24) is 5.32 Å². The van der Waals surface area contributed by atoms with Crippen LogP contribution in [0.1, 0.15) is 39.2 Å². The van der Waals surface area contributed by atoms with Crippen molar-refractivity contribution in [2.75, 3.05) is 0 Å². The Hall–Kier alpha value is -2.21. The largest absolute Gasteiger partial charge is 0.388 e. The summed E-state index contributed by atoms with van der Waals surface area (Å²) in [6, 6.07) is 9.80. The molecule has 1 aromatic carbocycles. The first-order valence-electron chi connectivity index (χ1n) is 12.1. The minimum atomic E-state index is -1.25. The van der Waals surface area contributed by atoms with Gasteiger partial charge in [-0.15, -0.1) is 0 Å². The Balaban J connectivity index is 1.85. The summed E-state index contributed by atoms with van der Waals surface area (Å²) in [6.45, 7) is 10.00. The lowest BCUT2D eigenvalue weighted by atomic mass is 9.51. The molecule has 4 rings (SSSR count). The minimum Gasteiger partial charge on any atom is -0.388 e. The van der Waals surface area contributed by atoms with Gasteiger partial charge in [-0.2, -0.15) is 0 Å². The highest BCUT2D eigenvalue weighted by Gasteiger charge is 2.67. The number of rotatable bonds is 2. The van der Waals surface area contributed by atoms with Crippen LogP contribution >= 0.6 is 0 Å². The van der Waals surface area contributed by atoms with Crippen molar-refractivity contribution in [3.05, 3.63) is 72.4 Å². The maximum Gasteiger partial charge on any atom is 0.230 e. The van der Waals surface area contributed by atoms with Gasteiger partial charge in [-0.05, 0) is 49.2 Å². The summed E-state index contributed by atoms with van der Waals surface area (Å²) >= 11 is 0. The molecule has 1 heterocycles. The number of aliphatic hydroxyl groups excluding tert-OH is 2. The van der Waals surface area contributed by atoms with Crippen LogP contribution in [0.4, 0.5) is 0 Å². The maximum atomic E-state index is 13.8. The molecule has 1 saturated carbocycles. The molecule has 1 spiro atoms. The molecule has 1 saturated heterocycles. The Bertz CT molecular complexity index is 952. The lowest BCUT2D eigenvalue weighted by molar-refractivity contribution is -0.147.